The van der Waals surface area contributed by atoms with Gasteiger partial charge in [-0.15, -0.1) is 0 Å². The van der Waals surface area contributed by atoms with E-state index >= 15 is 0 Å². The Balaban J connectivity index is 4.07. The molecular formula is C8H11NO5. The molecule has 6 heteroatoms. The molecule has 0 aliphatic carbocycles. The molecule has 0 heterocycles. The first-order chi connectivity index (χ1) is 6.47. The molecule has 0 fully saturated rings. The molecule has 1 amide bonds. The second-order valence-electron chi connectivity index (χ2n) is 2.43. The van der Waals surface area contributed by atoms with E-state index in [0.717, 1.165) is 6.08 Å². The number of rotatable bonds is 4. The lowest BCUT2D eigenvalue weighted by Crippen LogP contribution is -2.38. The minimum absolute atomic E-state index is 0.595. The first-order valence-corrected chi connectivity index (χ1v) is 3.76. The zero-order chi connectivity index (χ0) is 11.1. The predicted octanol–water partition coefficient (Wildman–Crippen LogP) is -0.695. The van der Waals surface area contributed by atoms with Gasteiger partial charge in [-0.05, 0) is 6.92 Å². The lowest BCUT2D eigenvalue weighted by atomic mass is 10.3. The molecule has 0 aromatic carbocycles. The van der Waals surface area contributed by atoms with E-state index in [1.807, 2.05) is 0 Å². The van der Waals surface area contributed by atoms with Crippen LogP contribution < -0.4 is 5.32 Å². The summed E-state index contributed by atoms with van der Waals surface area (Å²) in [5, 5.41) is 10.4. The largest absolute Gasteiger partial charge is 0.478 e. The molecule has 0 bridgehead atoms. The summed E-state index contributed by atoms with van der Waals surface area (Å²) in [4.78, 5) is 31.7. The molecule has 0 spiro atoms. The minimum Gasteiger partial charge on any atom is -0.478 e. The van der Waals surface area contributed by atoms with Crippen molar-refractivity contribution >= 4 is 17.8 Å². The fourth-order valence-corrected chi connectivity index (χ4v) is 0.644. The van der Waals surface area contributed by atoms with Crippen molar-refractivity contribution in [2.45, 2.75) is 13.0 Å². The topological polar surface area (TPSA) is 92.7 Å². The first-order valence-electron chi connectivity index (χ1n) is 3.76. The molecule has 0 aromatic heterocycles. The SMILES string of the molecule is COC(=O)C(C)NC(=O)/C=C/C(=O)O. The number of amides is 1. The van der Waals surface area contributed by atoms with Crippen LogP contribution in [-0.2, 0) is 19.1 Å². The van der Waals surface area contributed by atoms with Crippen LogP contribution in [-0.4, -0.2) is 36.1 Å². The summed E-state index contributed by atoms with van der Waals surface area (Å²) in [7, 11) is 1.19. The number of methoxy groups -OCH3 is 1. The Kier molecular flexibility index (Phi) is 4.98. The van der Waals surface area contributed by atoms with E-state index in [1.165, 1.54) is 14.0 Å². The average molecular weight is 201 g/mol. The molecule has 1 unspecified atom stereocenters. The van der Waals surface area contributed by atoms with E-state index in [-0.39, 0.29) is 0 Å². The van der Waals surface area contributed by atoms with Gasteiger partial charge in [0.25, 0.3) is 0 Å². The van der Waals surface area contributed by atoms with E-state index in [0.29, 0.717) is 6.08 Å². The molecule has 0 saturated carbocycles. The van der Waals surface area contributed by atoms with E-state index < -0.39 is 23.9 Å². The van der Waals surface area contributed by atoms with Gasteiger partial charge in [0.1, 0.15) is 6.04 Å². The van der Waals surface area contributed by atoms with Crippen molar-refractivity contribution in [2.24, 2.45) is 0 Å². The quantitative estimate of drug-likeness (QED) is 0.463. The smallest absolute Gasteiger partial charge is 0.328 e. The standard InChI is InChI=1S/C8H11NO5/c1-5(8(13)14-2)9-6(10)3-4-7(11)12/h3-5H,1-2H3,(H,9,10)(H,11,12)/b4-3+. The Morgan fingerprint density at radius 2 is 1.93 bits per heavy atom. The second kappa shape index (κ2) is 5.74. The zero-order valence-electron chi connectivity index (χ0n) is 7.81. The van der Waals surface area contributed by atoms with Crippen molar-refractivity contribution < 1.29 is 24.2 Å². The number of carboxylic acids is 1. The number of hydrogen-bond donors (Lipinski definition) is 2. The number of ether oxygens (including phenoxy) is 1. The molecule has 0 saturated heterocycles. The second-order valence-corrected chi connectivity index (χ2v) is 2.43. The Hall–Kier alpha value is -1.85. The van der Waals surface area contributed by atoms with Gasteiger partial charge in [0.05, 0.1) is 7.11 Å². The Morgan fingerprint density at radius 3 is 2.36 bits per heavy atom. The first kappa shape index (κ1) is 12.2. The van der Waals surface area contributed by atoms with Crippen molar-refractivity contribution in [3.63, 3.8) is 0 Å². The van der Waals surface area contributed by atoms with E-state index in [1.54, 1.807) is 0 Å². The maximum Gasteiger partial charge on any atom is 0.328 e. The molecule has 0 aliphatic rings. The molecule has 6 nitrogen and oxygen atoms in total. The van der Waals surface area contributed by atoms with Crippen LogP contribution in [0.15, 0.2) is 12.2 Å². The molecule has 0 radical (unpaired) electrons. The van der Waals surface area contributed by atoms with Gasteiger partial charge in [-0.3, -0.25) is 4.79 Å². The van der Waals surface area contributed by atoms with E-state index in [4.69, 9.17) is 5.11 Å². The maximum absolute atomic E-state index is 10.9. The Labute approximate surface area is 80.5 Å². The molecular weight excluding hydrogens is 190 g/mol. The van der Waals surface area contributed by atoms with Crippen molar-refractivity contribution in [3.05, 3.63) is 12.2 Å². The molecule has 14 heavy (non-hydrogen) atoms. The molecule has 0 aliphatic heterocycles. The lowest BCUT2D eigenvalue weighted by molar-refractivity contribution is -0.144. The van der Waals surface area contributed by atoms with Crippen LogP contribution >= 0.6 is 0 Å². The van der Waals surface area contributed by atoms with E-state index in [9.17, 15) is 14.4 Å². The fourth-order valence-electron chi connectivity index (χ4n) is 0.644. The summed E-state index contributed by atoms with van der Waals surface area (Å²) in [6.07, 6.45) is 1.50. The Bertz CT molecular complexity index is 271. The van der Waals surface area contributed by atoms with Crippen molar-refractivity contribution in [3.8, 4) is 0 Å². The third kappa shape index (κ3) is 4.91. The van der Waals surface area contributed by atoms with Gasteiger partial charge in [0, 0.05) is 12.2 Å². The van der Waals surface area contributed by atoms with Crippen LogP contribution in [0.25, 0.3) is 0 Å². The van der Waals surface area contributed by atoms with Crippen molar-refractivity contribution in [2.75, 3.05) is 7.11 Å². The zero-order valence-corrected chi connectivity index (χ0v) is 7.81. The number of hydrogen-bond acceptors (Lipinski definition) is 4. The van der Waals surface area contributed by atoms with Crippen LogP contribution in [0.1, 0.15) is 6.92 Å². The lowest BCUT2D eigenvalue weighted by Gasteiger charge is -2.08. The van der Waals surface area contributed by atoms with Gasteiger partial charge >= 0.3 is 11.9 Å². The highest BCUT2D eigenvalue weighted by Crippen LogP contribution is 1.86. The van der Waals surface area contributed by atoms with Gasteiger partial charge in [0.2, 0.25) is 5.91 Å². The number of nitrogens with one attached hydrogen (secondary N) is 1. The van der Waals surface area contributed by atoms with Crippen LogP contribution in [0.2, 0.25) is 0 Å². The average Bonchev–Trinajstić information content (AvgIpc) is 2.13. The monoisotopic (exact) mass is 201 g/mol. The van der Waals surface area contributed by atoms with Crippen LogP contribution in [0.4, 0.5) is 0 Å². The Morgan fingerprint density at radius 1 is 1.36 bits per heavy atom. The highest BCUT2D eigenvalue weighted by molar-refractivity contribution is 5.95. The number of esters is 1. The summed E-state index contributed by atoms with van der Waals surface area (Å²) in [6.45, 7) is 1.43. The summed E-state index contributed by atoms with van der Waals surface area (Å²) >= 11 is 0. The summed E-state index contributed by atoms with van der Waals surface area (Å²) in [5.41, 5.74) is 0. The summed E-state index contributed by atoms with van der Waals surface area (Å²) in [6, 6.07) is -0.800. The fraction of sp³-hybridized carbons (Fsp3) is 0.375. The predicted molar refractivity (Wildman–Crippen MR) is 46.4 cm³/mol. The number of carboxylic acid groups (broad SMARTS) is 1. The highest BCUT2D eigenvalue weighted by atomic mass is 16.5. The van der Waals surface area contributed by atoms with Crippen molar-refractivity contribution in [1.29, 1.82) is 0 Å². The van der Waals surface area contributed by atoms with E-state index in [2.05, 4.69) is 10.1 Å². The third-order valence-corrected chi connectivity index (χ3v) is 1.29. The molecule has 0 aromatic rings. The summed E-state index contributed by atoms with van der Waals surface area (Å²) in [5.74, 6) is -2.49. The van der Waals surface area contributed by atoms with Crippen LogP contribution in [0.5, 0.6) is 0 Å². The van der Waals surface area contributed by atoms with Crippen LogP contribution in [0.3, 0.4) is 0 Å². The van der Waals surface area contributed by atoms with Crippen LogP contribution in [0, 0.1) is 0 Å². The minimum atomic E-state index is -1.23. The molecule has 1 atom stereocenters. The van der Waals surface area contributed by atoms with Gasteiger partial charge < -0.3 is 15.2 Å². The van der Waals surface area contributed by atoms with Gasteiger partial charge in [-0.25, -0.2) is 9.59 Å². The number of carbonyl (C=O) groups excluding carboxylic acids is 2. The normalized spacial score (nSPS) is 12.1. The highest BCUT2D eigenvalue weighted by Gasteiger charge is 2.13. The van der Waals surface area contributed by atoms with Gasteiger partial charge in [-0.2, -0.15) is 0 Å². The number of carbonyl (C=O) groups is 3. The third-order valence-electron chi connectivity index (χ3n) is 1.29. The molecule has 0 rings (SSSR count). The van der Waals surface area contributed by atoms with Gasteiger partial charge in [-0.1, -0.05) is 0 Å². The molecule has 78 valence electrons. The molecule has 2 N–H and O–H groups in total. The summed E-state index contributed by atoms with van der Waals surface area (Å²) < 4.78 is 4.34. The van der Waals surface area contributed by atoms with Gasteiger partial charge in [0.15, 0.2) is 0 Å². The maximum atomic E-state index is 10.9. The number of aliphatic carboxylic acids is 1. The van der Waals surface area contributed by atoms with Crippen molar-refractivity contribution in [1.82, 2.24) is 5.32 Å².